The van der Waals surface area contributed by atoms with E-state index in [4.69, 9.17) is 5.73 Å². The number of nitrogens with two attached hydrogens (primary N) is 1. The molecule has 0 saturated carbocycles. The molecular formula is C24H24N4O3. The number of amides is 2. The second-order valence-corrected chi connectivity index (χ2v) is 6.97. The van der Waals surface area contributed by atoms with Crippen LogP contribution in [-0.2, 0) is 6.42 Å². The molecule has 0 unspecified atom stereocenters. The van der Waals surface area contributed by atoms with Crippen LogP contribution in [-0.4, -0.2) is 26.7 Å². The molecule has 0 aliphatic rings. The zero-order valence-electron chi connectivity index (χ0n) is 17.4. The summed E-state index contributed by atoms with van der Waals surface area (Å²) in [6, 6.07) is 13.4. The average Bonchev–Trinajstić information content (AvgIpc) is 3.18. The monoisotopic (exact) mass is 416 g/mol. The van der Waals surface area contributed by atoms with E-state index in [1.165, 1.54) is 6.07 Å². The van der Waals surface area contributed by atoms with Gasteiger partial charge in [0.05, 0.1) is 5.70 Å². The van der Waals surface area contributed by atoms with Crippen LogP contribution in [0.5, 0.6) is 5.75 Å². The molecule has 1 heterocycles. The summed E-state index contributed by atoms with van der Waals surface area (Å²) in [5.41, 5.74) is 9.25. The molecule has 1 aromatic heterocycles. The van der Waals surface area contributed by atoms with Gasteiger partial charge in [-0.3, -0.25) is 9.59 Å². The number of rotatable bonds is 7. The standard InChI is InChI=1S/C24H24N4O3/c1-4-7-21(16-11-10-15(3)22(29)13-16)28-19(5-2)14-20(27-28)24(31)26-18-9-6-8-17(12-18)23(25)30/h4,6-14,29H,1,5H2,2-3H3,(H2,25,30)(H,26,31)/b21-7-. The number of aryl methyl sites for hydroxylation is 2. The van der Waals surface area contributed by atoms with Crippen LogP contribution >= 0.6 is 0 Å². The molecule has 2 aromatic carbocycles. The van der Waals surface area contributed by atoms with Crippen molar-refractivity contribution in [2.45, 2.75) is 20.3 Å². The molecule has 0 atom stereocenters. The van der Waals surface area contributed by atoms with Crippen molar-refractivity contribution < 1.29 is 14.7 Å². The Hall–Kier alpha value is -4.13. The summed E-state index contributed by atoms with van der Waals surface area (Å²) in [5.74, 6) is -0.820. The van der Waals surface area contributed by atoms with Gasteiger partial charge < -0.3 is 16.2 Å². The minimum Gasteiger partial charge on any atom is -0.508 e. The van der Waals surface area contributed by atoms with Crippen LogP contribution in [0.3, 0.4) is 0 Å². The minimum atomic E-state index is -0.575. The van der Waals surface area contributed by atoms with Crippen LogP contribution in [0.15, 0.2) is 67.3 Å². The highest BCUT2D eigenvalue weighted by molar-refractivity contribution is 6.04. The highest BCUT2D eigenvalue weighted by atomic mass is 16.3. The van der Waals surface area contributed by atoms with Crippen molar-refractivity contribution in [2.75, 3.05) is 5.32 Å². The lowest BCUT2D eigenvalue weighted by Gasteiger charge is -2.12. The Labute approximate surface area is 180 Å². The predicted molar refractivity (Wildman–Crippen MR) is 121 cm³/mol. The van der Waals surface area contributed by atoms with E-state index in [-0.39, 0.29) is 11.4 Å². The lowest BCUT2D eigenvalue weighted by atomic mass is 10.1. The van der Waals surface area contributed by atoms with Gasteiger partial charge in [-0.05, 0) is 55.3 Å². The van der Waals surface area contributed by atoms with Crippen LogP contribution in [0.2, 0.25) is 0 Å². The zero-order chi connectivity index (χ0) is 22.5. The number of nitrogens with one attached hydrogen (secondary N) is 1. The Morgan fingerprint density at radius 1 is 1.19 bits per heavy atom. The summed E-state index contributed by atoms with van der Waals surface area (Å²) >= 11 is 0. The maximum absolute atomic E-state index is 12.8. The second-order valence-electron chi connectivity index (χ2n) is 6.97. The van der Waals surface area contributed by atoms with Gasteiger partial charge in [0.25, 0.3) is 5.91 Å². The van der Waals surface area contributed by atoms with Crippen molar-refractivity contribution in [3.63, 3.8) is 0 Å². The quantitative estimate of drug-likeness (QED) is 0.508. The molecule has 0 fully saturated rings. The largest absolute Gasteiger partial charge is 0.508 e. The smallest absolute Gasteiger partial charge is 0.276 e. The van der Waals surface area contributed by atoms with E-state index in [2.05, 4.69) is 17.0 Å². The van der Waals surface area contributed by atoms with E-state index >= 15 is 0 Å². The van der Waals surface area contributed by atoms with E-state index < -0.39 is 11.8 Å². The van der Waals surface area contributed by atoms with E-state index in [1.807, 2.05) is 26.0 Å². The number of nitrogens with zero attached hydrogens (tertiary/aromatic N) is 2. The molecule has 0 radical (unpaired) electrons. The maximum atomic E-state index is 12.8. The number of carbonyl (C=O) groups excluding carboxylic acids is 2. The molecule has 7 heteroatoms. The molecule has 2 amide bonds. The normalized spacial score (nSPS) is 11.2. The number of phenolic OH excluding ortho intramolecular Hbond substituents is 1. The fraction of sp³-hybridized carbons (Fsp3) is 0.125. The predicted octanol–water partition coefficient (Wildman–Crippen LogP) is 3.89. The van der Waals surface area contributed by atoms with Crippen molar-refractivity contribution in [1.82, 2.24) is 9.78 Å². The first kappa shape index (κ1) is 21.6. The molecule has 158 valence electrons. The summed E-state index contributed by atoms with van der Waals surface area (Å²) in [6.07, 6.45) is 4.03. The molecule has 31 heavy (non-hydrogen) atoms. The van der Waals surface area contributed by atoms with Crippen molar-refractivity contribution >= 4 is 23.2 Å². The molecule has 7 nitrogen and oxygen atoms in total. The number of carbonyl (C=O) groups is 2. The molecule has 0 aliphatic carbocycles. The van der Waals surface area contributed by atoms with Gasteiger partial charge in [0.15, 0.2) is 5.69 Å². The van der Waals surface area contributed by atoms with Gasteiger partial charge in [0.1, 0.15) is 5.75 Å². The summed E-state index contributed by atoms with van der Waals surface area (Å²) in [4.78, 5) is 24.2. The summed E-state index contributed by atoms with van der Waals surface area (Å²) in [6.45, 7) is 7.55. The number of aromatic nitrogens is 2. The summed E-state index contributed by atoms with van der Waals surface area (Å²) < 4.78 is 1.67. The third-order valence-corrected chi connectivity index (χ3v) is 4.79. The minimum absolute atomic E-state index is 0.171. The second kappa shape index (κ2) is 9.13. The number of primary amides is 1. The third kappa shape index (κ3) is 4.72. The fourth-order valence-electron chi connectivity index (χ4n) is 3.11. The van der Waals surface area contributed by atoms with Gasteiger partial charge in [-0.25, -0.2) is 4.68 Å². The first-order chi connectivity index (χ1) is 14.8. The lowest BCUT2D eigenvalue weighted by molar-refractivity contribution is 0.0995. The van der Waals surface area contributed by atoms with Crippen LogP contribution in [0.25, 0.3) is 5.70 Å². The lowest BCUT2D eigenvalue weighted by Crippen LogP contribution is -2.15. The van der Waals surface area contributed by atoms with Crippen molar-refractivity contribution in [2.24, 2.45) is 5.73 Å². The van der Waals surface area contributed by atoms with Gasteiger partial charge in [-0.2, -0.15) is 5.10 Å². The Morgan fingerprint density at radius 2 is 1.97 bits per heavy atom. The number of aromatic hydroxyl groups is 1. The Morgan fingerprint density at radius 3 is 2.61 bits per heavy atom. The maximum Gasteiger partial charge on any atom is 0.276 e. The fourth-order valence-corrected chi connectivity index (χ4v) is 3.11. The summed E-state index contributed by atoms with van der Waals surface area (Å²) in [5, 5.41) is 17.4. The van der Waals surface area contributed by atoms with Crippen LogP contribution in [0.4, 0.5) is 5.69 Å². The SMILES string of the molecule is C=C/C=C(/c1ccc(C)c(O)c1)n1nc(C(=O)Nc2cccc(C(N)=O)c2)cc1CC. The number of benzene rings is 2. The van der Waals surface area contributed by atoms with Gasteiger partial charge >= 0.3 is 0 Å². The van der Waals surface area contributed by atoms with E-state index in [9.17, 15) is 14.7 Å². The number of hydrogen-bond donors (Lipinski definition) is 3. The highest BCUT2D eigenvalue weighted by Gasteiger charge is 2.18. The molecule has 0 saturated heterocycles. The first-order valence-electron chi connectivity index (χ1n) is 9.77. The van der Waals surface area contributed by atoms with Crippen LogP contribution < -0.4 is 11.1 Å². The molecule has 0 aliphatic heterocycles. The van der Waals surface area contributed by atoms with E-state index in [1.54, 1.807) is 47.2 Å². The van der Waals surface area contributed by atoms with E-state index in [0.717, 1.165) is 16.8 Å². The van der Waals surface area contributed by atoms with Gasteiger partial charge in [-0.1, -0.05) is 37.8 Å². The molecule has 4 N–H and O–H groups in total. The molecule has 3 rings (SSSR count). The number of allylic oxidation sites excluding steroid dienone is 2. The Kier molecular flexibility index (Phi) is 6.35. The average molecular weight is 416 g/mol. The van der Waals surface area contributed by atoms with Crippen LogP contribution in [0, 0.1) is 6.92 Å². The van der Waals surface area contributed by atoms with Gasteiger partial charge in [0.2, 0.25) is 5.91 Å². The highest BCUT2D eigenvalue weighted by Crippen LogP contribution is 2.26. The topological polar surface area (TPSA) is 110 Å². The molecule has 3 aromatic rings. The van der Waals surface area contributed by atoms with Crippen molar-refractivity contribution in [3.05, 3.63) is 95.3 Å². The number of phenols is 1. The number of hydrogen-bond acceptors (Lipinski definition) is 4. The summed E-state index contributed by atoms with van der Waals surface area (Å²) in [7, 11) is 0. The first-order valence-corrected chi connectivity index (χ1v) is 9.77. The molecule has 0 bridgehead atoms. The third-order valence-electron chi connectivity index (χ3n) is 4.79. The van der Waals surface area contributed by atoms with Gasteiger partial charge in [0, 0.05) is 22.5 Å². The van der Waals surface area contributed by atoms with Crippen molar-refractivity contribution in [3.8, 4) is 5.75 Å². The van der Waals surface area contributed by atoms with Crippen molar-refractivity contribution in [1.29, 1.82) is 0 Å². The molecular weight excluding hydrogens is 392 g/mol. The van der Waals surface area contributed by atoms with Crippen LogP contribution in [0.1, 0.15) is 44.6 Å². The Bertz CT molecular complexity index is 1190. The Balaban J connectivity index is 1.97. The zero-order valence-corrected chi connectivity index (χ0v) is 17.4. The van der Waals surface area contributed by atoms with Gasteiger partial charge in [-0.15, -0.1) is 0 Å². The van der Waals surface area contributed by atoms with E-state index in [0.29, 0.717) is 23.4 Å². The molecule has 0 spiro atoms. The number of anilines is 1.